The van der Waals surface area contributed by atoms with Gasteiger partial charge in [-0.25, -0.2) is 4.98 Å². The van der Waals surface area contributed by atoms with E-state index in [2.05, 4.69) is 6.07 Å². The van der Waals surface area contributed by atoms with Crippen molar-refractivity contribution in [1.82, 2.24) is 4.98 Å². The average Bonchev–Trinajstić information content (AvgIpc) is 2.39. The summed E-state index contributed by atoms with van der Waals surface area (Å²) in [5, 5.41) is 0.503. The normalized spacial score (nSPS) is 10.8. The summed E-state index contributed by atoms with van der Waals surface area (Å²) < 4.78 is 0. The van der Waals surface area contributed by atoms with Crippen molar-refractivity contribution in [2.45, 2.75) is 27.7 Å². The molecule has 0 saturated carbocycles. The lowest BCUT2D eigenvalue weighted by molar-refractivity contribution is 0.108. The molecular formula is C16H19ClN2O. The van der Waals surface area contributed by atoms with Crippen molar-refractivity contribution in [3.8, 4) is 0 Å². The molecule has 20 heavy (non-hydrogen) atoms. The van der Waals surface area contributed by atoms with Crippen LogP contribution >= 0.6 is 11.6 Å². The number of hydrogen-bond donors (Lipinski definition) is 0. The minimum absolute atomic E-state index is 0.458. The molecule has 0 spiro atoms. The van der Waals surface area contributed by atoms with Gasteiger partial charge < -0.3 is 4.90 Å². The van der Waals surface area contributed by atoms with Crippen LogP contribution < -0.4 is 4.90 Å². The van der Waals surface area contributed by atoms with Crippen molar-refractivity contribution in [2.24, 2.45) is 0 Å². The Morgan fingerprint density at radius 3 is 2.40 bits per heavy atom. The van der Waals surface area contributed by atoms with Gasteiger partial charge in [-0.15, -0.1) is 0 Å². The molecule has 0 aliphatic heterocycles. The molecular weight excluding hydrogens is 272 g/mol. The third kappa shape index (κ3) is 2.63. The molecule has 1 aromatic carbocycles. The van der Waals surface area contributed by atoms with Crippen LogP contribution in [0.2, 0.25) is 0 Å². The lowest BCUT2D eigenvalue weighted by Crippen LogP contribution is -2.25. The van der Waals surface area contributed by atoms with E-state index in [9.17, 15) is 4.79 Å². The zero-order valence-corrected chi connectivity index (χ0v) is 13.1. The topological polar surface area (TPSA) is 33.2 Å². The van der Waals surface area contributed by atoms with E-state index in [0.29, 0.717) is 11.4 Å². The highest BCUT2D eigenvalue weighted by molar-refractivity contribution is 6.68. The molecule has 0 aliphatic rings. The number of nitrogens with zero attached hydrogens (tertiary/aromatic N) is 2. The Labute approximate surface area is 124 Å². The van der Waals surface area contributed by atoms with E-state index in [4.69, 9.17) is 16.6 Å². The lowest BCUT2D eigenvalue weighted by Gasteiger charge is -2.22. The fourth-order valence-electron chi connectivity index (χ4n) is 2.55. The maximum Gasteiger partial charge on any atom is 0.256 e. The molecule has 0 aliphatic carbocycles. The Balaban J connectivity index is 2.78. The summed E-state index contributed by atoms with van der Waals surface area (Å²) >= 11 is 5.74. The first-order valence-corrected chi connectivity index (χ1v) is 7.22. The van der Waals surface area contributed by atoms with E-state index in [0.717, 1.165) is 35.1 Å². The highest BCUT2D eigenvalue weighted by atomic mass is 35.5. The number of carbonyl (C=O) groups is 1. The summed E-state index contributed by atoms with van der Waals surface area (Å²) in [4.78, 5) is 18.5. The Morgan fingerprint density at radius 1 is 1.20 bits per heavy atom. The molecule has 2 aromatic rings. The Hall–Kier alpha value is -1.61. The monoisotopic (exact) mass is 290 g/mol. The quantitative estimate of drug-likeness (QED) is 0.796. The van der Waals surface area contributed by atoms with Crippen LogP contribution in [0.1, 0.15) is 35.3 Å². The zero-order valence-electron chi connectivity index (χ0n) is 12.3. The molecule has 0 unspecified atom stereocenters. The van der Waals surface area contributed by atoms with Gasteiger partial charge in [0.05, 0.1) is 11.1 Å². The van der Waals surface area contributed by atoms with Gasteiger partial charge in [-0.3, -0.25) is 4.79 Å². The number of benzene rings is 1. The highest BCUT2D eigenvalue weighted by Crippen LogP contribution is 2.27. The number of anilines is 1. The number of rotatable bonds is 4. The first kappa shape index (κ1) is 14.8. The Bertz CT molecular complexity index is 663. The molecule has 3 nitrogen and oxygen atoms in total. The summed E-state index contributed by atoms with van der Waals surface area (Å²) in [6.45, 7) is 9.73. The smallest absolute Gasteiger partial charge is 0.256 e. The fourth-order valence-corrected chi connectivity index (χ4v) is 2.69. The summed E-state index contributed by atoms with van der Waals surface area (Å²) in [6.07, 6.45) is 0. The fraction of sp³-hybridized carbons (Fsp3) is 0.375. The van der Waals surface area contributed by atoms with E-state index >= 15 is 0 Å². The van der Waals surface area contributed by atoms with E-state index in [1.165, 1.54) is 0 Å². The predicted molar refractivity (Wildman–Crippen MR) is 85.0 cm³/mol. The van der Waals surface area contributed by atoms with Gasteiger partial charge in [-0.1, -0.05) is 11.6 Å². The molecule has 1 heterocycles. The van der Waals surface area contributed by atoms with Crippen molar-refractivity contribution in [3.63, 3.8) is 0 Å². The number of halogens is 1. The number of aryl methyl sites for hydroxylation is 2. The zero-order chi connectivity index (χ0) is 14.9. The van der Waals surface area contributed by atoms with E-state index in [1.54, 1.807) is 0 Å². The van der Waals surface area contributed by atoms with Crippen LogP contribution in [-0.2, 0) is 0 Å². The minimum atomic E-state index is -0.458. The molecule has 0 fully saturated rings. The van der Waals surface area contributed by atoms with Gasteiger partial charge in [0.15, 0.2) is 0 Å². The molecule has 4 heteroatoms. The third-order valence-corrected chi connectivity index (χ3v) is 3.71. The van der Waals surface area contributed by atoms with Crippen molar-refractivity contribution >= 4 is 33.6 Å². The number of hydrogen-bond acceptors (Lipinski definition) is 3. The van der Waals surface area contributed by atoms with Gasteiger partial charge in [0.2, 0.25) is 0 Å². The van der Waals surface area contributed by atoms with Crippen molar-refractivity contribution in [1.29, 1.82) is 0 Å². The Morgan fingerprint density at radius 2 is 1.85 bits per heavy atom. The number of pyridine rings is 1. The van der Waals surface area contributed by atoms with Crippen LogP contribution in [0.15, 0.2) is 18.2 Å². The van der Waals surface area contributed by atoms with E-state index < -0.39 is 5.24 Å². The van der Waals surface area contributed by atoms with Crippen LogP contribution in [0, 0.1) is 13.8 Å². The molecule has 106 valence electrons. The van der Waals surface area contributed by atoms with Crippen molar-refractivity contribution in [2.75, 3.05) is 18.0 Å². The first-order chi connectivity index (χ1) is 9.47. The molecule has 0 bridgehead atoms. The second-order valence-electron chi connectivity index (χ2n) is 4.96. The first-order valence-electron chi connectivity index (χ1n) is 6.84. The van der Waals surface area contributed by atoms with Gasteiger partial charge in [0, 0.05) is 18.5 Å². The van der Waals surface area contributed by atoms with Crippen LogP contribution in [0.5, 0.6) is 0 Å². The standard InChI is InChI=1S/C16H19ClN2O/c1-5-19(6-2)16-13(15(17)20)9-12-8-10(3)7-11(4)14(12)18-16/h7-9H,5-6H2,1-4H3. The van der Waals surface area contributed by atoms with Gasteiger partial charge in [0.1, 0.15) is 5.82 Å². The summed E-state index contributed by atoms with van der Waals surface area (Å²) in [6, 6.07) is 5.99. The SMILES string of the molecule is CCN(CC)c1nc2c(C)cc(C)cc2cc1C(=O)Cl. The molecule has 0 amide bonds. The number of fused-ring (bicyclic) bond motifs is 1. The summed E-state index contributed by atoms with van der Waals surface area (Å²) in [7, 11) is 0. The second-order valence-corrected chi connectivity index (χ2v) is 5.30. The maximum absolute atomic E-state index is 11.7. The van der Waals surface area contributed by atoms with Crippen LogP contribution in [0.3, 0.4) is 0 Å². The molecule has 0 atom stereocenters. The second kappa shape index (κ2) is 5.80. The molecule has 0 N–H and O–H groups in total. The Kier molecular flexibility index (Phi) is 4.29. The molecule has 0 radical (unpaired) electrons. The van der Waals surface area contributed by atoms with E-state index in [-0.39, 0.29) is 0 Å². The van der Waals surface area contributed by atoms with Gasteiger partial charge >= 0.3 is 0 Å². The third-order valence-electron chi connectivity index (χ3n) is 3.51. The molecule has 0 saturated heterocycles. The van der Waals surface area contributed by atoms with Gasteiger partial charge in [0.25, 0.3) is 5.24 Å². The van der Waals surface area contributed by atoms with Crippen molar-refractivity contribution in [3.05, 3.63) is 34.9 Å². The average molecular weight is 291 g/mol. The van der Waals surface area contributed by atoms with Gasteiger partial charge in [-0.05, 0) is 57.0 Å². The molecule has 1 aromatic heterocycles. The van der Waals surface area contributed by atoms with E-state index in [1.807, 2.05) is 44.7 Å². The number of aromatic nitrogens is 1. The highest BCUT2D eigenvalue weighted by Gasteiger charge is 2.17. The number of carbonyl (C=O) groups excluding carboxylic acids is 1. The van der Waals surface area contributed by atoms with Crippen molar-refractivity contribution < 1.29 is 4.79 Å². The maximum atomic E-state index is 11.7. The van der Waals surface area contributed by atoms with Crippen LogP contribution in [0.4, 0.5) is 5.82 Å². The molecule has 2 rings (SSSR count). The van der Waals surface area contributed by atoms with Crippen LogP contribution in [0.25, 0.3) is 10.9 Å². The van der Waals surface area contributed by atoms with Crippen LogP contribution in [-0.4, -0.2) is 23.3 Å². The lowest BCUT2D eigenvalue weighted by atomic mass is 10.0. The minimum Gasteiger partial charge on any atom is -0.357 e. The summed E-state index contributed by atoms with van der Waals surface area (Å²) in [5.74, 6) is 0.675. The summed E-state index contributed by atoms with van der Waals surface area (Å²) in [5.41, 5.74) is 3.68. The van der Waals surface area contributed by atoms with Gasteiger partial charge in [-0.2, -0.15) is 0 Å². The largest absolute Gasteiger partial charge is 0.357 e. The predicted octanol–water partition coefficient (Wildman–Crippen LogP) is 4.08.